The molecule has 0 aliphatic carbocycles. The maximum Gasteiger partial charge on any atom is 0.268 e. The summed E-state index contributed by atoms with van der Waals surface area (Å²) in [5, 5.41) is 3.54. The molecule has 23 heavy (non-hydrogen) atoms. The fourth-order valence-electron chi connectivity index (χ4n) is 3.35. The van der Waals surface area contributed by atoms with Crippen molar-refractivity contribution in [3.8, 4) is 11.1 Å². The highest BCUT2D eigenvalue weighted by Crippen LogP contribution is 2.35. The number of benzene rings is 2. The minimum absolute atomic E-state index is 0.143. The summed E-state index contributed by atoms with van der Waals surface area (Å²) < 4.78 is 29.2. The molecule has 1 aromatic heterocycles. The lowest BCUT2D eigenvalue weighted by molar-refractivity contribution is 0.0928. The van der Waals surface area contributed by atoms with E-state index in [1.54, 1.807) is 12.1 Å². The van der Waals surface area contributed by atoms with Gasteiger partial charge in [0.2, 0.25) is 0 Å². The Morgan fingerprint density at radius 2 is 1.83 bits per heavy atom. The summed E-state index contributed by atoms with van der Waals surface area (Å²) in [7, 11) is 0. The monoisotopic (exact) mass is 312 g/mol. The van der Waals surface area contributed by atoms with E-state index in [1.165, 1.54) is 24.3 Å². The number of nitrogens with one attached hydrogen (secondary N) is 1. The fraction of sp³-hybridized carbons (Fsp3) is 0.167. The van der Waals surface area contributed by atoms with Crippen LogP contribution in [0.1, 0.15) is 16.1 Å². The van der Waals surface area contributed by atoms with Crippen LogP contribution < -0.4 is 5.32 Å². The number of nitrogens with zero attached hydrogens (tertiary/aromatic N) is 1. The maximum absolute atomic E-state index is 14.1. The molecule has 2 heterocycles. The number of hydrogen-bond acceptors (Lipinski definition) is 1. The molecule has 4 rings (SSSR count). The largest absolute Gasteiger partial charge is 0.349 e. The molecule has 116 valence electrons. The molecule has 0 saturated heterocycles. The molecule has 3 aromatic rings. The summed E-state index contributed by atoms with van der Waals surface area (Å²) >= 11 is 0. The Morgan fingerprint density at radius 3 is 2.57 bits per heavy atom. The third-order valence-corrected chi connectivity index (χ3v) is 4.37. The lowest BCUT2D eigenvalue weighted by Gasteiger charge is -2.18. The summed E-state index contributed by atoms with van der Waals surface area (Å²) in [4.78, 5) is 12.2. The summed E-state index contributed by atoms with van der Waals surface area (Å²) in [6, 6.07) is 8.85. The number of rotatable bonds is 1. The molecule has 1 N–H and O–H groups in total. The molecule has 0 radical (unpaired) electrons. The standard InChI is InChI=1S/C18H14F2N2O/c1-10-14-8-13(20)9-15(11-2-4-12(19)5-3-11)17(14)22-7-6-21-18(23)16(10)22/h2-5,8-9H,6-7H2,1H3,(H,21,23). The number of carbonyl (C=O) groups excluding carboxylic acids is 1. The topological polar surface area (TPSA) is 34.0 Å². The van der Waals surface area contributed by atoms with E-state index in [4.69, 9.17) is 0 Å². The lowest BCUT2D eigenvalue weighted by atomic mass is 10.0. The van der Waals surface area contributed by atoms with E-state index in [1.807, 2.05) is 11.5 Å². The minimum Gasteiger partial charge on any atom is -0.349 e. The van der Waals surface area contributed by atoms with Gasteiger partial charge < -0.3 is 9.88 Å². The van der Waals surface area contributed by atoms with Crippen molar-refractivity contribution in [1.82, 2.24) is 9.88 Å². The van der Waals surface area contributed by atoms with Crippen molar-refractivity contribution in [1.29, 1.82) is 0 Å². The van der Waals surface area contributed by atoms with Crippen LogP contribution in [0.5, 0.6) is 0 Å². The van der Waals surface area contributed by atoms with Gasteiger partial charge in [-0.3, -0.25) is 4.79 Å². The van der Waals surface area contributed by atoms with Crippen LogP contribution >= 0.6 is 0 Å². The average Bonchev–Trinajstić information content (AvgIpc) is 2.82. The van der Waals surface area contributed by atoms with Crippen LogP contribution in [0.4, 0.5) is 8.78 Å². The number of fused-ring (bicyclic) bond motifs is 3. The summed E-state index contributed by atoms with van der Waals surface area (Å²) in [6.45, 7) is 2.99. The van der Waals surface area contributed by atoms with Crippen molar-refractivity contribution in [2.24, 2.45) is 0 Å². The van der Waals surface area contributed by atoms with E-state index in [0.717, 1.165) is 22.0 Å². The highest BCUT2D eigenvalue weighted by molar-refractivity contribution is 6.06. The smallest absolute Gasteiger partial charge is 0.268 e. The van der Waals surface area contributed by atoms with E-state index < -0.39 is 0 Å². The van der Waals surface area contributed by atoms with Crippen molar-refractivity contribution in [3.63, 3.8) is 0 Å². The first-order chi connectivity index (χ1) is 11.1. The van der Waals surface area contributed by atoms with Crippen molar-refractivity contribution in [3.05, 3.63) is 59.3 Å². The number of halogens is 2. The average molecular weight is 312 g/mol. The van der Waals surface area contributed by atoms with Gasteiger partial charge in [0.15, 0.2) is 0 Å². The second-order valence-electron chi connectivity index (χ2n) is 5.74. The molecule has 0 unspecified atom stereocenters. The molecule has 3 nitrogen and oxygen atoms in total. The SMILES string of the molecule is Cc1c2n(c3c(-c4ccc(F)cc4)cc(F)cc13)CCNC2=O. The number of hydrogen-bond donors (Lipinski definition) is 1. The van der Waals surface area contributed by atoms with Crippen LogP contribution in [-0.2, 0) is 6.54 Å². The van der Waals surface area contributed by atoms with Gasteiger partial charge in [-0.25, -0.2) is 8.78 Å². The molecule has 1 amide bonds. The second kappa shape index (κ2) is 4.91. The van der Waals surface area contributed by atoms with Crippen LogP contribution in [-0.4, -0.2) is 17.0 Å². The molecular weight excluding hydrogens is 298 g/mol. The number of carbonyl (C=O) groups is 1. The molecular formula is C18H14F2N2O. The molecule has 5 heteroatoms. The van der Waals surface area contributed by atoms with Gasteiger partial charge in [0.1, 0.15) is 17.3 Å². The van der Waals surface area contributed by atoms with Crippen molar-refractivity contribution in [2.45, 2.75) is 13.5 Å². The fourth-order valence-corrected chi connectivity index (χ4v) is 3.35. The van der Waals surface area contributed by atoms with Crippen molar-refractivity contribution in [2.75, 3.05) is 6.54 Å². The molecule has 1 aliphatic rings. The molecule has 0 bridgehead atoms. The number of amides is 1. The third-order valence-electron chi connectivity index (χ3n) is 4.37. The zero-order valence-corrected chi connectivity index (χ0v) is 12.5. The van der Waals surface area contributed by atoms with E-state index in [0.29, 0.717) is 24.3 Å². The first kappa shape index (κ1) is 13.9. The summed E-state index contributed by atoms with van der Waals surface area (Å²) in [5.41, 5.74) is 3.55. The van der Waals surface area contributed by atoms with Crippen LogP contribution in [0.25, 0.3) is 22.0 Å². The van der Waals surface area contributed by atoms with Crippen LogP contribution in [0.2, 0.25) is 0 Å². The summed E-state index contributed by atoms with van der Waals surface area (Å²) in [6.07, 6.45) is 0. The molecule has 0 spiro atoms. The van der Waals surface area contributed by atoms with Gasteiger partial charge >= 0.3 is 0 Å². The van der Waals surface area contributed by atoms with E-state index in [9.17, 15) is 13.6 Å². The van der Waals surface area contributed by atoms with Crippen LogP contribution in [0.3, 0.4) is 0 Å². The Morgan fingerprint density at radius 1 is 1.09 bits per heavy atom. The zero-order chi connectivity index (χ0) is 16.1. The van der Waals surface area contributed by atoms with E-state index in [-0.39, 0.29) is 17.5 Å². The second-order valence-corrected chi connectivity index (χ2v) is 5.74. The zero-order valence-electron chi connectivity index (χ0n) is 12.5. The Balaban J connectivity index is 2.10. The van der Waals surface area contributed by atoms with Gasteiger partial charge in [0.25, 0.3) is 5.91 Å². The molecule has 1 aliphatic heterocycles. The number of aryl methyl sites for hydroxylation is 1. The van der Waals surface area contributed by atoms with Gasteiger partial charge in [0, 0.05) is 24.0 Å². The molecule has 0 saturated carbocycles. The normalized spacial score (nSPS) is 14.0. The highest BCUT2D eigenvalue weighted by Gasteiger charge is 2.25. The maximum atomic E-state index is 14.1. The molecule has 2 aromatic carbocycles. The Kier molecular flexibility index (Phi) is 2.98. The predicted molar refractivity (Wildman–Crippen MR) is 84.4 cm³/mol. The summed E-state index contributed by atoms with van der Waals surface area (Å²) in [5.74, 6) is -0.854. The van der Waals surface area contributed by atoms with Gasteiger partial charge in [-0.15, -0.1) is 0 Å². The van der Waals surface area contributed by atoms with Gasteiger partial charge in [0.05, 0.1) is 5.52 Å². The van der Waals surface area contributed by atoms with Crippen LogP contribution in [0, 0.1) is 18.6 Å². The molecule has 0 atom stereocenters. The first-order valence-electron chi connectivity index (χ1n) is 7.43. The van der Waals surface area contributed by atoms with E-state index >= 15 is 0 Å². The number of aromatic nitrogens is 1. The molecule has 0 fully saturated rings. The Labute approximate surface area is 131 Å². The van der Waals surface area contributed by atoms with Gasteiger partial charge in [-0.1, -0.05) is 12.1 Å². The lowest BCUT2D eigenvalue weighted by Crippen LogP contribution is -2.35. The first-order valence-corrected chi connectivity index (χ1v) is 7.43. The van der Waals surface area contributed by atoms with E-state index in [2.05, 4.69) is 5.32 Å². The Hall–Kier alpha value is -2.69. The Bertz CT molecular complexity index is 942. The predicted octanol–water partition coefficient (Wildman–Crippen LogP) is 3.64. The van der Waals surface area contributed by atoms with Crippen molar-refractivity contribution >= 4 is 16.8 Å². The quantitative estimate of drug-likeness (QED) is 0.731. The van der Waals surface area contributed by atoms with Gasteiger partial charge in [-0.05, 0) is 42.3 Å². The van der Waals surface area contributed by atoms with Crippen molar-refractivity contribution < 1.29 is 13.6 Å². The van der Waals surface area contributed by atoms with Gasteiger partial charge in [-0.2, -0.15) is 0 Å². The highest BCUT2D eigenvalue weighted by atomic mass is 19.1. The van der Waals surface area contributed by atoms with Crippen LogP contribution in [0.15, 0.2) is 36.4 Å². The minimum atomic E-state index is -0.372. The third kappa shape index (κ3) is 2.04.